The van der Waals surface area contributed by atoms with Gasteiger partial charge in [-0.3, -0.25) is 0 Å². The molecule has 0 spiro atoms. The zero-order chi connectivity index (χ0) is 10.9. The molecule has 80 valence electrons. The minimum absolute atomic E-state index is 0.360. The maximum atomic E-state index is 11.0. The summed E-state index contributed by atoms with van der Waals surface area (Å²) in [6, 6.07) is 1.75. The average molecular weight is 224 g/mol. The fourth-order valence-corrected chi connectivity index (χ4v) is 1.79. The van der Waals surface area contributed by atoms with Crippen LogP contribution in [0.25, 0.3) is 0 Å². The van der Waals surface area contributed by atoms with Crippen LogP contribution in [0.5, 0.6) is 5.88 Å². The van der Waals surface area contributed by atoms with Gasteiger partial charge in [-0.25, -0.2) is 4.98 Å². The van der Waals surface area contributed by atoms with Crippen LogP contribution in [0.2, 0.25) is 0 Å². The zero-order valence-corrected chi connectivity index (χ0v) is 9.50. The van der Waals surface area contributed by atoms with Crippen LogP contribution in [0.3, 0.4) is 0 Å². The van der Waals surface area contributed by atoms with Crippen LogP contribution in [0.4, 0.5) is 0 Å². The lowest BCUT2D eigenvalue weighted by Crippen LogP contribution is -2.11. The van der Waals surface area contributed by atoms with E-state index in [9.17, 15) is 4.79 Å². The number of nitrogens with zero attached hydrogens (tertiary/aromatic N) is 2. The molecule has 0 saturated heterocycles. The minimum Gasteiger partial charge on any atom is -0.481 e. The van der Waals surface area contributed by atoms with Gasteiger partial charge < -0.3 is 9.53 Å². The van der Waals surface area contributed by atoms with Crippen molar-refractivity contribution in [3.8, 4) is 5.88 Å². The molecule has 15 heavy (non-hydrogen) atoms. The average Bonchev–Trinajstić information content (AvgIpc) is 3.09. The Hall–Kier alpha value is -1.10. The Bertz CT molecular complexity index is 369. The van der Waals surface area contributed by atoms with E-state index < -0.39 is 0 Å². The van der Waals surface area contributed by atoms with Crippen molar-refractivity contribution in [2.45, 2.75) is 23.4 Å². The second-order valence-corrected chi connectivity index (χ2v) is 4.33. The standard InChI is InChI=1S/C10H12N2O2S/c1-14-8-5-7(10(6-13)3-4-10)11-9(12-8)15-2/h5-6H,3-4H2,1-2H3. The molecule has 5 heteroatoms. The maximum absolute atomic E-state index is 11.0. The predicted octanol–water partition coefficient (Wildman–Crippen LogP) is 1.44. The highest BCUT2D eigenvalue weighted by molar-refractivity contribution is 7.98. The Balaban J connectivity index is 2.42. The Labute approximate surface area is 92.5 Å². The lowest BCUT2D eigenvalue weighted by Gasteiger charge is -2.09. The minimum atomic E-state index is -0.360. The van der Waals surface area contributed by atoms with Gasteiger partial charge in [0.05, 0.1) is 18.2 Å². The van der Waals surface area contributed by atoms with Gasteiger partial charge >= 0.3 is 0 Å². The highest BCUT2D eigenvalue weighted by Crippen LogP contribution is 2.46. The van der Waals surface area contributed by atoms with Crippen molar-refractivity contribution < 1.29 is 9.53 Å². The topological polar surface area (TPSA) is 52.1 Å². The first-order valence-corrected chi connectivity index (χ1v) is 5.90. The molecule has 1 fully saturated rings. The van der Waals surface area contributed by atoms with E-state index in [4.69, 9.17) is 4.74 Å². The van der Waals surface area contributed by atoms with Crippen LogP contribution in [0, 0.1) is 0 Å². The molecule has 1 aromatic heterocycles. The van der Waals surface area contributed by atoms with Crippen LogP contribution in [-0.2, 0) is 10.2 Å². The molecule has 0 atom stereocenters. The lowest BCUT2D eigenvalue weighted by atomic mass is 10.1. The van der Waals surface area contributed by atoms with Gasteiger partial charge in [-0.2, -0.15) is 4.98 Å². The number of carbonyl (C=O) groups excluding carboxylic acids is 1. The summed E-state index contributed by atoms with van der Waals surface area (Å²) < 4.78 is 5.08. The van der Waals surface area contributed by atoms with Crippen molar-refractivity contribution in [3.63, 3.8) is 0 Å². The quantitative estimate of drug-likeness (QED) is 0.440. The fraction of sp³-hybridized carbons (Fsp3) is 0.500. The molecule has 1 aliphatic rings. The monoisotopic (exact) mass is 224 g/mol. The van der Waals surface area contributed by atoms with Crippen molar-refractivity contribution in [2.75, 3.05) is 13.4 Å². The second kappa shape index (κ2) is 3.81. The maximum Gasteiger partial charge on any atom is 0.217 e. The molecular formula is C10H12N2O2S. The van der Waals surface area contributed by atoms with E-state index in [0.717, 1.165) is 24.8 Å². The number of methoxy groups -OCH3 is 1. The highest BCUT2D eigenvalue weighted by atomic mass is 32.2. The van der Waals surface area contributed by atoms with E-state index >= 15 is 0 Å². The summed E-state index contributed by atoms with van der Waals surface area (Å²) >= 11 is 1.45. The number of hydrogen-bond donors (Lipinski definition) is 0. The second-order valence-electron chi connectivity index (χ2n) is 3.56. The van der Waals surface area contributed by atoms with E-state index in [2.05, 4.69) is 9.97 Å². The molecule has 1 aromatic rings. The van der Waals surface area contributed by atoms with Crippen LogP contribution in [-0.4, -0.2) is 29.6 Å². The van der Waals surface area contributed by atoms with Gasteiger partial charge in [-0.1, -0.05) is 11.8 Å². The van der Waals surface area contributed by atoms with Crippen molar-refractivity contribution in [2.24, 2.45) is 0 Å². The van der Waals surface area contributed by atoms with Crippen molar-refractivity contribution >= 4 is 18.0 Å². The van der Waals surface area contributed by atoms with E-state index in [0.29, 0.717) is 11.0 Å². The molecule has 0 aromatic carbocycles. The Kier molecular flexibility index (Phi) is 2.65. The van der Waals surface area contributed by atoms with Gasteiger partial charge in [-0.05, 0) is 19.1 Å². The number of carbonyl (C=O) groups is 1. The Morgan fingerprint density at radius 3 is 2.73 bits per heavy atom. The van der Waals surface area contributed by atoms with Crippen molar-refractivity contribution in [1.29, 1.82) is 0 Å². The van der Waals surface area contributed by atoms with Gasteiger partial charge in [0.2, 0.25) is 5.88 Å². The van der Waals surface area contributed by atoms with Crippen molar-refractivity contribution in [1.82, 2.24) is 9.97 Å². The van der Waals surface area contributed by atoms with Crippen LogP contribution < -0.4 is 4.74 Å². The molecule has 0 amide bonds. The number of aldehydes is 1. The summed E-state index contributed by atoms with van der Waals surface area (Å²) in [4.78, 5) is 19.5. The van der Waals surface area contributed by atoms with Gasteiger partial charge in [0.25, 0.3) is 0 Å². The van der Waals surface area contributed by atoms with Crippen LogP contribution in [0.15, 0.2) is 11.2 Å². The molecule has 1 aliphatic carbocycles. The van der Waals surface area contributed by atoms with Crippen LogP contribution in [0.1, 0.15) is 18.5 Å². The molecular weight excluding hydrogens is 212 g/mol. The summed E-state index contributed by atoms with van der Waals surface area (Å²) in [7, 11) is 1.57. The summed E-state index contributed by atoms with van der Waals surface area (Å²) in [6.45, 7) is 0. The van der Waals surface area contributed by atoms with E-state index in [1.165, 1.54) is 11.8 Å². The summed E-state index contributed by atoms with van der Waals surface area (Å²) in [5.74, 6) is 0.525. The lowest BCUT2D eigenvalue weighted by molar-refractivity contribution is -0.110. The fourth-order valence-electron chi connectivity index (χ4n) is 1.42. The molecule has 0 radical (unpaired) electrons. The molecule has 0 N–H and O–H groups in total. The molecule has 4 nitrogen and oxygen atoms in total. The van der Waals surface area contributed by atoms with E-state index in [-0.39, 0.29) is 5.41 Å². The Morgan fingerprint density at radius 1 is 1.53 bits per heavy atom. The van der Waals surface area contributed by atoms with Gasteiger partial charge in [0.15, 0.2) is 5.16 Å². The normalized spacial score (nSPS) is 17.2. The van der Waals surface area contributed by atoms with Gasteiger partial charge in [0, 0.05) is 6.07 Å². The highest BCUT2D eigenvalue weighted by Gasteiger charge is 2.46. The van der Waals surface area contributed by atoms with Crippen molar-refractivity contribution in [3.05, 3.63) is 11.8 Å². The number of hydrogen-bond acceptors (Lipinski definition) is 5. The van der Waals surface area contributed by atoms with Gasteiger partial charge in [0.1, 0.15) is 6.29 Å². The first-order valence-electron chi connectivity index (χ1n) is 4.68. The smallest absolute Gasteiger partial charge is 0.217 e. The first-order chi connectivity index (χ1) is 7.24. The predicted molar refractivity (Wildman–Crippen MR) is 57.3 cm³/mol. The molecule has 0 bridgehead atoms. The molecule has 1 saturated carbocycles. The summed E-state index contributed by atoms with van der Waals surface area (Å²) in [5.41, 5.74) is 0.425. The number of ether oxygens (including phenoxy) is 1. The SMILES string of the molecule is COc1cc(C2(C=O)CC2)nc(SC)n1. The Morgan fingerprint density at radius 2 is 2.27 bits per heavy atom. The summed E-state index contributed by atoms with van der Waals surface area (Å²) in [6.07, 6.45) is 4.65. The number of rotatable bonds is 4. The van der Waals surface area contributed by atoms with Crippen LogP contribution >= 0.6 is 11.8 Å². The third kappa shape index (κ3) is 1.84. The third-order valence-electron chi connectivity index (χ3n) is 2.60. The number of thioether (sulfide) groups is 1. The third-order valence-corrected chi connectivity index (χ3v) is 3.15. The largest absolute Gasteiger partial charge is 0.481 e. The molecule has 0 aliphatic heterocycles. The molecule has 2 rings (SSSR count). The molecule has 0 unspecified atom stereocenters. The molecule has 1 heterocycles. The number of aromatic nitrogens is 2. The zero-order valence-electron chi connectivity index (χ0n) is 8.69. The van der Waals surface area contributed by atoms with E-state index in [1.807, 2.05) is 6.26 Å². The van der Waals surface area contributed by atoms with Gasteiger partial charge in [-0.15, -0.1) is 0 Å². The van der Waals surface area contributed by atoms with E-state index in [1.54, 1.807) is 13.2 Å². The first kappa shape index (κ1) is 10.4. The summed E-state index contributed by atoms with van der Waals surface area (Å²) in [5, 5.41) is 0.650.